The number of hydrogen-bond acceptors (Lipinski definition) is 5. The first-order chi connectivity index (χ1) is 13.3. The molecule has 154 valence electrons. The summed E-state index contributed by atoms with van der Waals surface area (Å²) in [7, 11) is 3.63. The zero-order valence-corrected chi connectivity index (χ0v) is 18.1. The number of nitrogens with one attached hydrogen (secondary N) is 1. The first-order valence-corrected chi connectivity index (χ1v) is 9.35. The highest BCUT2D eigenvalue weighted by atomic mass is 16.1. The van der Waals surface area contributed by atoms with Gasteiger partial charge < -0.3 is 16.0 Å². The topological polar surface area (TPSA) is 74.0 Å². The third-order valence-electron chi connectivity index (χ3n) is 3.95. The number of hydrogen-bond donors (Lipinski definition) is 2. The summed E-state index contributed by atoms with van der Waals surface area (Å²) in [5.41, 5.74) is 9.46. The number of rotatable bonds is 8. The largest absolute Gasteiger partial charge is 0.400 e. The molecule has 0 heterocycles. The Labute approximate surface area is 170 Å². The first-order valence-electron chi connectivity index (χ1n) is 9.35. The number of anilines is 2. The number of aliphatic imine (C=N–C) groups is 1. The Kier molecular flexibility index (Phi) is 11.8. The van der Waals surface area contributed by atoms with E-state index in [0.717, 1.165) is 11.4 Å². The predicted molar refractivity (Wildman–Crippen MR) is 122 cm³/mol. The van der Waals surface area contributed by atoms with E-state index in [2.05, 4.69) is 37.3 Å². The molecule has 0 aliphatic heterocycles. The summed E-state index contributed by atoms with van der Waals surface area (Å²) in [5.74, 6) is 0.374. The number of nitrogens with two attached hydrogens (primary N) is 1. The van der Waals surface area contributed by atoms with E-state index in [1.807, 2.05) is 45.3 Å². The zero-order valence-electron chi connectivity index (χ0n) is 18.1. The number of allylic oxidation sites excluding steroid dienone is 2. The summed E-state index contributed by atoms with van der Waals surface area (Å²) in [6, 6.07) is 7.42. The van der Waals surface area contributed by atoms with Crippen LogP contribution in [0.2, 0.25) is 0 Å². The molecule has 3 N–H and O–H groups in total. The molecule has 0 fully saturated rings. The molecular formula is C22H35N5O. The van der Waals surface area contributed by atoms with E-state index in [9.17, 15) is 4.79 Å². The number of unbranched alkanes of at least 4 members (excludes halogenated alkanes) is 1. The van der Waals surface area contributed by atoms with Crippen molar-refractivity contribution in [3.63, 3.8) is 0 Å². The average molecular weight is 386 g/mol. The molecule has 6 heteroatoms. The van der Waals surface area contributed by atoms with Crippen molar-refractivity contribution in [1.29, 1.82) is 0 Å². The van der Waals surface area contributed by atoms with Crippen LogP contribution >= 0.6 is 0 Å². The van der Waals surface area contributed by atoms with Gasteiger partial charge in [-0.2, -0.15) is 0 Å². The number of likely N-dealkylation sites (N-methyl/N-ethyl adjacent to an activating group) is 1. The van der Waals surface area contributed by atoms with Gasteiger partial charge in [0.2, 0.25) is 6.41 Å². The maximum Gasteiger partial charge on any atom is 0.219 e. The average Bonchev–Trinajstić information content (AvgIpc) is 2.68. The van der Waals surface area contributed by atoms with Crippen LogP contribution < -0.4 is 16.0 Å². The number of carbonyl (C=O) groups excluding carboxylic acids is 1. The fraction of sp³-hybridized carbons (Fsp3) is 0.364. The van der Waals surface area contributed by atoms with Crippen LogP contribution in [0.4, 0.5) is 11.4 Å². The normalized spacial score (nSPS) is 11.4. The third kappa shape index (κ3) is 7.31. The molecule has 0 unspecified atom stereocenters. The fourth-order valence-corrected chi connectivity index (χ4v) is 2.15. The molecule has 1 aromatic carbocycles. The van der Waals surface area contributed by atoms with Crippen molar-refractivity contribution in [1.82, 2.24) is 4.90 Å². The van der Waals surface area contributed by atoms with Gasteiger partial charge in [0.15, 0.2) is 5.84 Å². The first kappa shape index (κ1) is 25.0. The number of benzene rings is 1. The number of nitrogens with zero attached hydrogens (tertiary/aromatic N) is 3. The van der Waals surface area contributed by atoms with Crippen LogP contribution in [0.5, 0.6) is 0 Å². The monoisotopic (exact) mass is 385 g/mol. The van der Waals surface area contributed by atoms with E-state index in [1.54, 1.807) is 11.8 Å². The molecule has 0 saturated carbocycles. The second-order valence-corrected chi connectivity index (χ2v) is 6.24. The van der Waals surface area contributed by atoms with Crippen molar-refractivity contribution in [3.05, 3.63) is 60.7 Å². The minimum absolute atomic E-state index is 0.374. The minimum atomic E-state index is 0.374. The molecular weight excluding hydrogens is 350 g/mol. The van der Waals surface area contributed by atoms with Gasteiger partial charge in [-0.3, -0.25) is 9.69 Å². The molecule has 0 radical (unpaired) electrons. The smallest absolute Gasteiger partial charge is 0.219 e. The summed E-state index contributed by atoms with van der Waals surface area (Å²) in [6.07, 6.45) is 4.72. The van der Waals surface area contributed by atoms with E-state index in [-0.39, 0.29) is 0 Å². The molecule has 0 aliphatic rings. The molecule has 0 saturated heterocycles. The van der Waals surface area contributed by atoms with E-state index in [4.69, 9.17) is 5.73 Å². The van der Waals surface area contributed by atoms with Crippen molar-refractivity contribution >= 4 is 23.6 Å². The Morgan fingerprint density at radius 1 is 1.29 bits per heavy atom. The lowest BCUT2D eigenvalue weighted by Crippen LogP contribution is -2.37. The van der Waals surface area contributed by atoms with Crippen LogP contribution in [0.25, 0.3) is 0 Å². The van der Waals surface area contributed by atoms with Gasteiger partial charge in [0, 0.05) is 37.4 Å². The van der Waals surface area contributed by atoms with Crippen molar-refractivity contribution < 1.29 is 4.79 Å². The minimum Gasteiger partial charge on any atom is -0.400 e. The Balaban J connectivity index is 0.00000165. The Morgan fingerprint density at radius 3 is 2.29 bits per heavy atom. The van der Waals surface area contributed by atoms with E-state index in [1.165, 1.54) is 23.9 Å². The molecule has 0 bridgehead atoms. The van der Waals surface area contributed by atoms with E-state index in [0.29, 0.717) is 29.3 Å². The highest BCUT2D eigenvalue weighted by Crippen LogP contribution is 2.23. The molecule has 1 rings (SSSR count). The number of amidine groups is 1. The fourth-order valence-electron chi connectivity index (χ4n) is 2.15. The van der Waals surface area contributed by atoms with Crippen molar-refractivity contribution in [3.8, 4) is 0 Å². The quantitative estimate of drug-likeness (QED) is 0.387. The summed E-state index contributed by atoms with van der Waals surface area (Å²) in [5, 5.41) is 3.05. The summed E-state index contributed by atoms with van der Waals surface area (Å²) >= 11 is 0. The Hall–Kier alpha value is -3.02. The van der Waals surface area contributed by atoms with Crippen LogP contribution in [-0.2, 0) is 4.79 Å². The summed E-state index contributed by atoms with van der Waals surface area (Å²) in [6.45, 7) is 15.5. The molecule has 0 spiro atoms. The number of amides is 1. The van der Waals surface area contributed by atoms with Gasteiger partial charge >= 0.3 is 0 Å². The lowest BCUT2D eigenvalue weighted by molar-refractivity contribution is -0.106. The molecule has 1 aromatic rings. The molecule has 1 amide bonds. The summed E-state index contributed by atoms with van der Waals surface area (Å²) in [4.78, 5) is 19.3. The lowest BCUT2D eigenvalue weighted by atomic mass is 10.2. The van der Waals surface area contributed by atoms with Gasteiger partial charge in [0.05, 0.1) is 5.69 Å². The molecule has 0 aliphatic carbocycles. The predicted octanol–water partition coefficient (Wildman–Crippen LogP) is 4.70. The Morgan fingerprint density at radius 2 is 1.89 bits per heavy atom. The summed E-state index contributed by atoms with van der Waals surface area (Å²) < 4.78 is 0. The maximum atomic E-state index is 11.8. The van der Waals surface area contributed by atoms with Gasteiger partial charge in [-0.25, -0.2) is 4.99 Å². The second kappa shape index (κ2) is 13.2. The van der Waals surface area contributed by atoms with Crippen LogP contribution in [0.15, 0.2) is 65.7 Å². The van der Waals surface area contributed by atoms with Crippen LogP contribution in [0.1, 0.15) is 40.5 Å². The second-order valence-electron chi connectivity index (χ2n) is 6.24. The molecule has 6 nitrogen and oxygen atoms in total. The van der Waals surface area contributed by atoms with E-state index >= 15 is 0 Å². The van der Waals surface area contributed by atoms with Crippen LogP contribution in [-0.4, -0.2) is 31.2 Å². The molecule has 0 aromatic heterocycles. The highest BCUT2D eigenvalue weighted by molar-refractivity contribution is 6.18. The van der Waals surface area contributed by atoms with Gasteiger partial charge in [-0.05, 0) is 32.0 Å². The lowest BCUT2D eigenvalue weighted by Gasteiger charge is -2.29. The van der Waals surface area contributed by atoms with E-state index < -0.39 is 0 Å². The zero-order chi connectivity index (χ0) is 21.7. The molecule has 0 atom stereocenters. The third-order valence-corrected chi connectivity index (χ3v) is 3.95. The van der Waals surface area contributed by atoms with Crippen molar-refractivity contribution in [2.75, 3.05) is 24.3 Å². The highest BCUT2D eigenvalue weighted by Gasteiger charge is 2.22. The standard InChI is InChI=1S/C18H25N5O.C4H10/c1-7-21-18(17(14(4)19)22(6)13(2)3)23(12-24)16-10-8-9-15(11-16)20-5;1-3-4-2/h7-12,20H,1-2,19H2,3-6H3;3-4H2,1-2H3/b17-14-,21-18?;. The van der Waals surface area contributed by atoms with Crippen LogP contribution in [0, 0.1) is 0 Å². The Bertz CT molecular complexity index is 715. The number of carbonyl (C=O) groups is 1. The SMILES string of the molecule is C=CN=C(/C(=C(\C)N)N(C)C(=C)C)N(C=O)c1cccc(NC)c1.CCCC. The van der Waals surface area contributed by atoms with Gasteiger partial charge in [-0.15, -0.1) is 0 Å². The van der Waals surface area contributed by atoms with Crippen molar-refractivity contribution in [2.24, 2.45) is 10.7 Å². The maximum absolute atomic E-state index is 11.8. The van der Waals surface area contributed by atoms with Gasteiger partial charge in [0.1, 0.15) is 5.70 Å². The molecule has 28 heavy (non-hydrogen) atoms. The van der Waals surface area contributed by atoms with Gasteiger partial charge in [0.25, 0.3) is 0 Å². The van der Waals surface area contributed by atoms with Crippen molar-refractivity contribution in [2.45, 2.75) is 40.5 Å². The van der Waals surface area contributed by atoms with Gasteiger partial charge in [-0.1, -0.05) is 45.9 Å². The van der Waals surface area contributed by atoms with Crippen LogP contribution in [0.3, 0.4) is 0 Å².